The van der Waals surface area contributed by atoms with Crippen molar-refractivity contribution >= 4 is 80.5 Å². The second kappa shape index (κ2) is 7.45. The Bertz CT molecular complexity index is 617. The molecule has 3 rings (SSSR count). The van der Waals surface area contributed by atoms with Crippen LogP contribution in [0.1, 0.15) is 34.1 Å². The highest BCUT2D eigenvalue weighted by Crippen LogP contribution is 2.65. The predicted molar refractivity (Wildman–Crippen MR) is 121 cm³/mol. The Kier molecular flexibility index (Phi) is 6.02. The van der Waals surface area contributed by atoms with Gasteiger partial charge in [-0.05, 0) is 94.4 Å². The van der Waals surface area contributed by atoms with Gasteiger partial charge in [0.05, 0.1) is 13.2 Å². The van der Waals surface area contributed by atoms with Crippen molar-refractivity contribution in [1.29, 1.82) is 0 Å². The van der Waals surface area contributed by atoms with Crippen LogP contribution in [0.5, 0.6) is 0 Å². The Morgan fingerprint density at radius 1 is 0.818 bits per heavy atom. The van der Waals surface area contributed by atoms with Crippen LogP contribution in [0.2, 0.25) is 0 Å². The summed E-state index contributed by atoms with van der Waals surface area (Å²) in [5.74, 6) is 0. The molecule has 0 aromatic heterocycles. The van der Waals surface area contributed by atoms with E-state index in [-0.39, 0.29) is 4.08 Å². The molecule has 1 saturated heterocycles. The Labute approximate surface area is 172 Å². The molecule has 2 unspecified atom stereocenters. The predicted octanol–water partition coefficient (Wildman–Crippen LogP) is 7.54. The van der Waals surface area contributed by atoms with Gasteiger partial charge < -0.3 is 0 Å². The molecular weight excluding hydrogens is 554 g/mol. The van der Waals surface area contributed by atoms with Crippen molar-refractivity contribution in [3.8, 4) is 0 Å². The highest BCUT2D eigenvalue weighted by molar-refractivity contribution is 14.1. The third-order valence-corrected chi connectivity index (χ3v) is 9.58. The van der Waals surface area contributed by atoms with Crippen molar-refractivity contribution in [2.45, 2.75) is 27.1 Å². The molecule has 0 nitrogen and oxygen atoms in total. The molecule has 2 aromatic rings. The lowest BCUT2D eigenvalue weighted by atomic mass is 10.2. The molecule has 1 aliphatic heterocycles. The Morgan fingerprint density at radius 3 is 1.68 bits per heavy atom. The molecule has 0 amide bonds. The SMILES string of the molecule is CC1(C)SC(c2cccc(I)c2)SC(c2cccc(I)c2)S1. The molecule has 0 spiro atoms. The molecular formula is C17H16I2S3. The lowest BCUT2D eigenvalue weighted by Gasteiger charge is -2.39. The standard InChI is InChI=1S/C17H16I2S3/c1-17(2)21-15(11-5-3-7-13(18)9-11)20-16(22-17)12-6-4-8-14(19)10-12/h3-10,15-16H,1-2H3. The minimum absolute atomic E-state index is 0.225. The topological polar surface area (TPSA) is 0 Å². The van der Waals surface area contributed by atoms with E-state index in [4.69, 9.17) is 0 Å². The van der Waals surface area contributed by atoms with Crippen LogP contribution in [0.25, 0.3) is 0 Å². The first-order chi connectivity index (χ1) is 10.4. The van der Waals surface area contributed by atoms with Gasteiger partial charge in [-0.15, -0.1) is 35.3 Å². The number of hydrogen-bond donors (Lipinski definition) is 0. The fraction of sp³-hybridized carbons (Fsp3) is 0.294. The second-order valence-corrected chi connectivity index (χ2v) is 13.6. The van der Waals surface area contributed by atoms with Gasteiger partial charge in [0, 0.05) is 7.14 Å². The van der Waals surface area contributed by atoms with Gasteiger partial charge in [0.15, 0.2) is 0 Å². The van der Waals surface area contributed by atoms with Gasteiger partial charge in [0.25, 0.3) is 0 Å². The first kappa shape index (κ1) is 17.8. The number of halogens is 2. The number of benzene rings is 2. The van der Waals surface area contributed by atoms with Gasteiger partial charge in [-0.25, -0.2) is 0 Å². The zero-order valence-electron chi connectivity index (χ0n) is 12.3. The maximum absolute atomic E-state index is 2.41. The smallest absolute Gasteiger partial charge is 0.0780 e. The third-order valence-electron chi connectivity index (χ3n) is 3.27. The van der Waals surface area contributed by atoms with Crippen molar-refractivity contribution in [3.63, 3.8) is 0 Å². The van der Waals surface area contributed by atoms with E-state index >= 15 is 0 Å². The van der Waals surface area contributed by atoms with E-state index in [1.165, 1.54) is 18.3 Å². The number of hydrogen-bond acceptors (Lipinski definition) is 3. The fourth-order valence-corrected chi connectivity index (χ4v) is 9.80. The molecule has 2 atom stereocenters. The monoisotopic (exact) mass is 570 g/mol. The van der Waals surface area contributed by atoms with Crippen molar-refractivity contribution in [3.05, 3.63) is 66.8 Å². The van der Waals surface area contributed by atoms with E-state index in [9.17, 15) is 0 Å². The summed E-state index contributed by atoms with van der Waals surface area (Å²) in [7, 11) is 0. The summed E-state index contributed by atoms with van der Waals surface area (Å²) in [4.78, 5) is 0. The second-order valence-electron chi connectivity index (χ2n) is 5.55. The van der Waals surface area contributed by atoms with E-state index in [1.807, 2.05) is 0 Å². The van der Waals surface area contributed by atoms with Gasteiger partial charge in [-0.1, -0.05) is 24.3 Å². The zero-order chi connectivity index (χ0) is 15.7. The quantitative estimate of drug-likeness (QED) is 0.343. The third kappa shape index (κ3) is 4.52. The molecule has 116 valence electrons. The van der Waals surface area contributed by atoms with Crippen molar-refractivity contribution in [1.82, 2.24) is 0 Å². The van der Waals surface area contributed by atoms with E-state index < -0.39 is 0 Å². The van der Waals surface area contributed by atoms with Crippen LogP contribution in [0.4, 0.5) is 0 Å². The molecule has 0 radical (unpaired) electrons. The molecule has 0 aliphatic carbocycles. The summed E-state index contributed by atoms with van der Waals surface area (Å²) in [5.41, 5.74) is 2.87. The van der Waals surface area contributed by atoms with Crippen LogP contribution in [0, 0.1) is 7.14 Å². The van der Waals surface area contributed by atoms with Crippen LogP contribution in [0.15, 0.2) is 48.5 Å². The largest absolute Gasteiger partial charge is 0.125 e. The molecule has 1 heterocycles. The minimum atomic E-state index is 0.225. The normalized spacial score (nSPS) is 24.2. The van der Waals surface area contributed by atoms with E-state index in [0.717, 1.165) is 0 Å². The Hall–Kier alpha value is 0.950. The van der Waals surface area contributed by atoms with Crippen molar-refractivity contribution in [2.75, 3.05) is 0 Å². The summed E-state index contributed by atoms with van der Waals surface area (Å²) < 4.78 is 3.85. The molecule has 1 fully saturated rings. The maximum Gasteiger partial charge on any atom is 0.0780 e. The summed E-state index contributed by atoms with van der Waals surface area (Å²) in [6.07, 6.45) is 0. The van der Waals surface area contributed by atoms with E-state index in [2.05, 4.69) is 143 Å². The minimum Gasteiger partial charge on any atom is -0.125 e. The first-order valence-electron chi connectivity index (χ1n) is 6.95. The van der Waals surface area contributed by atoms with Crippen molar-refractivity contribution in [2.24, 2.45) is 0 Å². The van der Waals surface area contributed by atoms with Gasteiger partial charge in [0.2, 0.25) is 0 Å². The van der Waals surface area contributed by atoms with Gasteiger partial charge in [-0.3, -0.25) is 0 Å². The van der Waals surface area contributed by atoms with Crippen LogP contribution in [-0.2, 0) is 0 Å². The molecule has 5 heteroatoms. The molecule has 0 saturated carbocycles. The van der Waals surface area contributed by atoms with Gasteiger partial charge >= 0.3 is 0 Å². The molecule has 22 heavy (non-hydrogen) atoms. The zero-order valence-corrected chi connectivity index (χ0v) is 19.0. The average molecular weight is 570 g/mol. The Balaban J connectivity index is 1.90. The Morgan fingerprint density at radius 2 is 1.27 bits per heavy atom. The van der Waals surface area contributed by atoms with Crippen LogP contribution in [0.3, 0.4) is 0 Å². The first-order valence-corrected chi connectivity index (χ1v) is 11.8. The van der Waals surface area contributed by atoms with Gasteiger partial charge in [-0.2, -0.15) is 0 Å². The fourth-order valence-electron chi connectivity index (χ4n) is 2.31. The summed E-state index contributed by atoms with van der Waals surface area (Å²) in [6, 6.07) is 17.9. The molecule has 1 aliphatic rings. The van der Waals surface area contributed by atoms with Crippen LogP contribution < -0.4 is 0 Å². The van der Waals surface area contributed by atoms with Gasteiger partial charge in [0.1, 0.15) is 0 Å². The van der Waals surface area contributed by atoms with Crippen LogP contribution >= 0.6 is 80.5 Å². The lowest BCUT2D eigenvalue weighted by Crippen LogP contribution is -2.18. The molecule has 0 N–H and O–H groups in total. The van der Waals surface area contributed by atoms with E-state index in [1.54, 1.807) is 0 Å². The summed E-state index contributed by atoms with van der Waals surface area (Å²) >= 11 is 11.0. The number of thioether (sulfide) groups is 3. The van der Waals surface area contributed by atoms with Crippen LogP contribution in [-0.4, -0.2) is 4.08 Å². The van der Waals surface area contributed by atoms with E-state index in [0.29, 0.717) is 9.16 Å². The summed E-state index contributed by atoms with van der Waals surface area (Å²) in [6.45, 7) is 4.70. The molecule has 2 aromatic carbocycles. The van der Waals surface area contributed by atoms with Crippen molar-refractivity contribution < 1.29 is 0 Å². The average Bonchev–Trinajstić information content (AvgIpc) is 2.45. The number of rotatable bonds is 2. The molecule has 0 bridgehead atoms. The highest BCUT2D eigenvalue weighted by atomic mass is 127. The summed E-state index contributed by atoms with van der Waals surface area (Å²) in [5, 5.41) is 0. The highest BCUT2D eigenvalue weighted by Gasteiger charge is 2.37. The lowest BCUT2D eigenvalue weighted by molar-refractivity contribution is 1.01. The maximum atomic E-state index is 2.41.